The Hall–Kier alpha value is -2.25. The summed E-state index contributed by atoms with van der Waals surface area (Å²) in [6.07, 6.45) is 3.19. The third-order valence-corrected chi connectivity index (χ3v) is 5.40. The van der Waals surface area contributed by atoms with Gasteiger partial charge < -0.3 is 21.4 Å². The molecule has 2 rings (SSSR count). The van der Waals surface area contributed by atoms with Gasteiger partial charge in [0.05, 0.1) is 17.1 Å². The highest BCUT2D eigenvalue weighted by atomic mass is 32.1. The number of carbonyl (C=O) groups is 2. The number of thiocarbonyl (C=S) groups is 1. The van der Waals surface area contributed by atoms with Crippen LogP contribution in [0.2, 0.25) is 0 Å². The summed E-state index contributed by atoms with van der Waals surface area (Å²) in [6.45, 7) is 9.78. The van der Waals surface area contributed by atoms with Crippen LogP contribution in [-0.4, -0.2) is 39.8 Å². The number of nitrogens with one attached hydrogen (secondary N) is 3. The van der Waals surface area contributed by atoms with E-state index in [9.17, 15) is 9.59 Å². The number of aromatic amines is 1. The van der Waals surface area contributed by atoms with Crippen molar-refractivity contribution in [1.29, 1.82) is 0 Å². The smallest absolute Gasteiger partial charge is 0.217 e. The Balaban J connectivity index is 2.26. The number of ketones is 1. The number of hydrogen-bond acceptors (Lipinski definition) is 4. The number of nitrogens with two attached hydrogens (primary N) is 1. The minimum atomic E-state index is -0.520. The fraction of sp³-hybridized carbons (Fsp3) is 0.522. The van der Waals surface area contributed by atoms with Crippen molar-refractivity contribution in [3.05, 3.63) is 36.0 Å². The Morgan fingerprint density at radius 2 is 1.83 bits per heavy atom. The molecule has 0 fully saturated rings. The predicted molar refractivity (Wildman–Crippen MR) is 126 cm³/mol. The highest BCUT2D eigenvalue weighted by Crippen LogP contribution is 2.23. The van der Waals surface area contributed by atoms with Crippen molar-refractivity contribution in [2.24, 2.45) is 11.1 Å². The first-order chi connectivity index (χ1) is 14.0. The van der Waals surface area contributed by atoms with Crippen molar-refractivity contribution in [3.63, 3.8) is 0 Å². The summed E-state index contributed by atoms with van der Waals surface area (Å²) in [6, 6.07) is 7.51. The van der Waals surface area contributed by atoms with E-state index in [1.807, 2.05) is 65.1 Å². The summed E-state index contributed by atoms with van der Waals surface area (Å²) in [5.74, 6) is -0.275. The van der Waals surface area contributed by atoms with Gasteiger partial charge in [-0.1, -0.05) is 65.0 Å². The van der Waals surface area contributed by atoms with Crippen LogP contribution in [0, 0.1) is 5.41 Å². The van der Waals surface area contributed by atoms with Crippen LogP contribution in [0.15, 0.2) is 30.5 Å². The molecule has 0 saturated heterocycles. The van der Waals surface area contributed by atoms with E-state index >= 15 is 0 Å². The summed E-state index contributed by atoms with van der Waals surface area (Å²) in [4.78, 5) is 28.3. The van der Waals surface area contributed by atoms with E-state index in [2.05, 4.69) is 15.6 Å². The summed E-state index contributed by atoms with van der Waals surface area (Å²) in [7, 11) is 0. The first kappa shape index (κ1) is 24.0. The van der Waals surface area contributed by atoms with Crippen LogP contribution in [0.1, 0.15) is 53.0 Å². The normalized spacial score (nSPS) is 13.9. The maximum Gasteiger partial charge on any atom is 0.217 e. The average molecular weight is 431 g/mol. The first-order valence-corrected chi connectivity index (χ1v) is 10.8. The van der Waals surface area contributed by atoms with Crippen LogP contribution in [0.25, 0.3) is 10.9 Å². The molecule has 0 saturated carbocycles. The molecule has 5 N–H and O–H groups in total. The minimum absolute atomic E-state index is 0.0910. The first-order valence-electron chi connectivity index (χ1n) is 10.4. The molecule has 1 unspecified atom stereocenters. The van der Waals surface area contributed by atoms with Gasteiger partial charge in [-0.05, 0) is 18.1 Å². The summed E-state index contributed by atoms with van der Waals surface area (Å²) >= 11 is 5.67. The molecule has 0 spiro atoms. The van der Waals surface area contributed by atoms with E-state index in [0.29, 0.717) is 17.8 Å². The SMILES string of the molecule is CC(C)N[C@@H](CCC(N)=O)C(=S)NC(Cc1c[nH]c2ccccc12)C(=O)C(C)(C)C. The van der Waals surface area contributed by atoms with E-state index < -0.39 is 11.5 Å². The molecule has 1 amide bonds. The Kier molecular flexibility index (Phi) is 8.15. The van der Waals surface area contributed by atoms with Gasteiger partial charge in [0.1, 0.15) is 0 Å². The van der Waals surface area contributed by atoms with E-state index in [0.717, 1.165) is 16.5 Å². The molecule has 0 aliphatic carbocycles. The molecule has 1 aromatic carbocycles. The molecule has 0 radical (unpaired) electrons. The maximum absolute atomic E-state index is 13.2. The van der Waals surface area contributed by atoms with Gasteiger partial charge in [-0.25, -0.2) is 0 Å². The lowest BCUT2D eigenvalue weighted by Gasteiger charge is -2.30. The van der Waals surface area contributed by atoms with Gasteiger partial charge in [-0.3, -0.25) is 9.59 Å². The zero-order valence-corrected chi connectivity index (χ0v) is 19.4. The number of carbonyl (C=O) groups excluding carboxylic acids is 2. The molecular formula is C23H34N4O2S. The van der Waals surface area contributed by atoms with Gasteiger partial charge >= 0.3 is 0 Å². The third-order valence-electron chi connectivity index (χ3n) is 5.00. The van der Waals surface area contributed by atoms with Gasteiger partial charge in [0.15, 0.2) is 5.78 Å². The number of H-pyrrole nitrogens is 1. The van der Waals surface area contributed by atoms with Gasteiger partial charge in [-0.2, -0.15) is 0 Å². The molecule has 2 aromatic rings. The second-order valence-electron chi connectivity index (χ2n) is 9.12. The quantitative estimate of drug-likeness (QED) is 0.434. The van der Waals surface area contributed by atoms with E-state index in [1.54, 1.807) is 0 Å². The van der Waals surface area contributed by atoms with Crippen molar-refractivity contribution in [2.75, 3.05) is 0 Å². The Morgan fingerprint density at radius 3 is 2.43 bits per heavy atom. The number of primary amides is 1. The molecule has 30 heavy (non-hydrogen) atoms. The average Bonchev–Trinajstić information content (AvgIpc) is 3.05. The highest BCUT2D eigenvalue weighted by molar-refractivity contribution is 7.80. The van der Waals surface area contributed by atoms with Gasteiger partial charge in [0.25, 0.3) is 0 Å². The maximum atomic E-state index is 13.2. The monoisotopic (exact) mass is 430 g/mol. The van der Waals surface area contributed by atoms with Crippen molar-refractivity contribution < 1.29 is 9.59 Å². The molecule has 1 heterocycles. The fourth-order valence-corrected chi connectivity index (χ4v) is 3.83. The van der Waals surface area contributed by atoms with Crippen LogP contribution in [0.3, 0.4) is 0 Å². The standard InChI is InChI=1S/C23H34N4O2S/c1-14(2)26-18(10-11-20(24)28)22(30)27-19(21(29)23(3,4)5)12-15-13-25-17-9-7-6-8-16(15)17/h6-9,13-14,18-19,25-26H,10-12H2,1-5H3,(H2,24,28)(H,27,30)/t18-,19?/m0/s1. The summed E-state index contributed by atoms with van der Waals surface area (Å²) < 4.78 is 0. The van der Waals surface area contributed by atoms with E-state index in [1.165, 1.54) is 0 Å². The molecular weight excluding hydrogens is 396 g/mol. The van der Waals surface area contributed by atoms with Gasteiger partial charge in [-0.15, -0.1) is 0 Å². The predicted octanol–water partition coefficient (Wildman–Crippen LogP) is 3.24. The highest BCUT2D eigenvalue weighted by Gasteiger charge is 2.32. The Morgan fingerprint density at radius 1 is 1.17 bits per heavy atom. The van der Waals surface area contributed by atoms with Gasteiger partial charge in [0.2, 0.25) is 5.91 Å². The van der Waals surface area contributed by atoms with Crippen LogP contribution < -0.4 is 16.4 Å². The lowest BCUT2D eigenvalue weighted by atomic mass is 9.84. The molecule has 0 aliphatic heterocycles. The number of rotatable bonds is 10. The number of hydrogen-bond donors (Lipinski definition) is 4. The molecule has 1 aromatic heterocycles. The number of benzene rings is 1. The third kappa shape index (κ3) is 6.64. The van der Waals surface area contributed by atoms with Crippen LogP contribution in [-0.2, 0) is 16.0 Å². The largest absolute Gasteiger partial charge is 0.370 e. The molecule has 7 heteroatoms. The van der Waals surface area contributed by atoms with E-state index in [-0.39, 0.29) is 30.2 Å². The lowest BCUT2D eigenvalue weighted by molar-refractivity contribution is -0.128. The topological polar surface area (TPSA) is 100 Å². The van der Waals surface area contributed by atoms with Crippen LogP contribution in [0.5, 0.6) is 0 Å². The zero-order chi connectivity index (χ0) is 22.5. The zero-order valence-electron chi connectivity index (χ0n) is 18.5. The van der Waals surface area contributed by atoms with Crippen molar-refractivity contribution in [3.8, 4) is 0 Å². The van der Waals surface area contributed by atoms with Crippen molar-refractivity contribution in [2.45, 2.75) is 72.0 Å². The fourth-order valence-electron chi connectivity index (χ4n) is 3.50. The minimum Gasteiger partial charge on any atom is -0.370 e. The van der Waals surface area contributed by atoms with Crippen LogP contribution in [0.4, 0.5) is 0 Å². The number of fused-ring (bicyclic) bond motifs is 1. The Labute approximate surface area is 184 Å². The summed E-state index contributed by atoms with van der Waals surface area (Å²) in [5, 5.41) is 7.79. The molecule has 0 aliphatic rings. The Bertz CT molecular complexity index is 898. The second-order valence-corrected chi connectivity index (χ2v) is 9.56. The number of aromatic nitrogens is 1. The van der Waals surface area contributed by atoms with Crippen molar-refractivity contribution in [1.82, 2.24) is 15.6 Å². The lowest BCUT2D eigenvalue weighted by Crippen LogP contribution is -2.53. The molecule has 164 valence electrons. The molecule has 0 bridgehead atoms. The second kappa shape index (κ2) is 10.2. The molecule has 6 nitrogen and oxygen atoms in total. The molecule has 2 atom stereocenters. The van der Waals surface area contributed by atoms with E-state index in [4.69, 9.17) is 18.0 Å². The number of Topliss-reactive ketones (excluding diaryl/α,β-unsaturated/α-hetero) is 1. The number of para-hydroxylation sites is 1. The van der Waals surface area contributed by atoms with Gasteiger partial charge in [0, 0.05) is 41.4 Å². The van der Waals surface area contributed by atoms with Crippen molar-refractivity contribution >= 4 is 39.8 Å². The number of amides is 1. The van der Waals surface area contributed by atoms with Crippen LogP contribution >= 0.6 is 12.2 Å². The summed E-state index contributed by atoms with van der Waals surface area (Å²) in [5.41, 5.74) is 6.92.